The van der Waals surface area contributed by atoms with Gasteiger partial charge in [0.2, 0.25) is 11.8 Å². The maximum Gasteiger partial charge on any atom is 0.253 e. The molecule has 0 aromatic heterocycles. The number of likely N-dealkylation sites (N-methyl/N-ethyl adjacent to an activating group) is 1. The monoisotopic (exact) mass is 357 g/mol. The van der Waals surface area contributed by atoms with Gasteiger partial charge in [-0.3, -0.25) is 14.4 Å². The Morgan fingerprint density at radius 2 is 1.62 bits per heavy atom. The number of hydrogen-bond acceptors (Lipinski definition) is 3. The van der Waals surface area contributed by atoms with Gasteiger partial charge in [0.05, 0.1) is 5.41 Å². The highest BCUT2D eigenvalue weighted by Crippen LogP contribution is 2.41. The molecule has 0 saturated carbocycles. The van der Waals surface area contributed by atoms with E-state index in [1.807, 2.05) is 44.7 Å². The smallest absolute Gasteiger partial charge is 0.253 e. The maximum absolute atomic E-state index is 12.9. The van der Waals surface area contributed by atoms with Crippen molar-refractivity contribution >= 4 is 23.4 Å². The van der Waals surface area contributed by atoms with Crippen LogP contribution in [-0.4, -0.2) is 60.7 Å². The molecule has 0 bridgehead atoms. The molecule has 2 aliphatic rings. The van der Waals surface area contributed by atoms with E-state index in [4.69, 9.17) is 0 Å². The molecule has 3 rings (SSSR count). The molecule has 6 heteroatoms. The minimum Gasteiger partial charge on any atom is -0.339 e. The van der Waals surface area contributed by atoms with Crippen molar-refractivity contribution in [1.29, 1.82) is 0 Å². The minimum atomic E-state index is -0.622. The SMILES string of the molecule is CC(C)C(=O)N1CCN(C(=O)c2ccc3c(c2)C(C)(C)C(=O)N3C)CC1. The lowest BCUT2D eigenvalue weighted by atomic mass is 9.85. The quantitative estimate of drug-likeness (QED) is 0.812. The number of amides is 3. The summed E-state index contributed by atoms with van der Waals surface area (Å²) in [5.74, 6) is 0.115. The second-order valence-electron chi connectivity index (χ2n) is 7.99. The molecular weight excluding hydrogens is 330 g/mol. The van der Waals surface area contributed by atoms with Crippen LogP contribution < -0.4 is 4.90 Å². The van der Waals surface area contributed by atoms with Crippen LogP contribution in [0, 0.1) is 5.92 Å². The minimum absolute atomic E-state index is 0.0225. The molecule has 0 unspecified atom stereocenters. The van der Waals surface area contributed by atoms with Crippen LogP contribution in [0.25, 0.3) is 0 Å². The van der Waals surface area contributed by atoms with Gasteiger partial charge in [0.15, 0.2) is 0 Å². The number of benzene rings is 1. The fourth-order valence-electron chi connectivity index (χ4n) is 3.78. The van der Waals surface area contributed by atoms with E-state index in [1.165, 1.54) is 0 Å². The zero-order valence-electron chi connectivity index (χ0n) is 16.2. The first-order chi connectivity index (χ1) is 12.1. The normalized spacial score (nSPS) is 19.2. The fourth-order valence-corrected chi connectivity index (χ4v) is 3.78. The molecule has 0 aliphatic carbocycles. The predicted molar refractivity (Wildman–Crippen MR) is 100 cm³/mol. The second kappa shape index (κ2) is 6.41. The Balaban J connectivity index is 1.76. The van der Waals surface area contributed by atoms with E-state index in [1.54, 1.807) is 22.9 Å². The third-order valence-corrected chi connectivity index (χ3v) is 5.49. The summed E-state index contributed by atoms with van der Waals surface area (Å²) in [6, 6.07) is 5.50. The van der Waals surface area contributed by atoms with E-state index in [9.17, 15) is 14.4 Å². The Morgan fingerprint density at radius 1 is 1.04 bits per heavy atom. The van der Waals surface area contributed by atoms with E-state index in [2.05, 4.69) is 0 Å². The first-order valence-corrected chi connectivity index (χ1v) is 9.15. The number of fused-ring (bicyclic) bond motifs is 1. The number of carbonyl (C=O) groups excluding carboxylic acids is 3. The summed E-state index contributed by atoms with van der Waals surface area (Å²) in [4.78, 5) is 42.7. The molecule has 0 atom stereocenters. The Morgan fingerprint density at radius 3 is 2.19 bits per heavy atom. The van der Waals surface area contributed by atoms with E-state index in [-0.39, 0.29) is 23.6 Å². The van der Waals surface area contributed by atoms with Crippen LogP contribution in [0.1, 0.15) is 43.6 Å². The van der Waals surface area contributed by atoms with Crippen LogP contribution in [0.2, 0.25) is 0 Å². The van der Waals surface area contributed by atoms with Crippen molar-refractivity contribution < 1.29 is 14.4 Å². The summed E-state index contributed by atoms with van der Waals surface area (Å²) in [6.45, 7) is 9.79. The van der Waals surface area contributed by atoms with Crippen molar-refractivity contribution in [2.75, 3.05) is 38.1 Å². The zero-order valence-corrected chi connectivity index (χ0v) is 16.2. The molecular formula is C20H27N3O3. The molecule has 0 spiro atoms. The maximum atomic E-state index is 12.9. The third-order valence-electron chi connectivity index (χ3n) is 5.49. The summed E-state index contributed by atoms with van der Waals surface area (Å²) in [7, 11) is 1.77. The van der Waals surface area contributed by atoms with E-state index < -0.39 is 5.41 Å². The van der Waals surface area contributed by atoms with Crippen molar-refractivity contribution in [1.82, 2.24) is 9.80 Å². The Hall–Kier alpha value is -2.37. The molecule has 1 fully saturated rings. The van der Waals surface area contributed by atoms with E-state index >= 15 is 0 Å². The average Bonchev–Trinajstić information content (AvgIpc) is 2.81. The lowest BCUT2D eigenvalue weighted by Crippen LogP contribution is -2.51. The van der Waals surface area contributed by atoms with Gasteiger partial charge < -0.3 is 14.7 Å². The van der Waals surface area contributed by atoms with Crippen LogP contribution in [0.4, 0.5) is 5.69 Å². The third kappa shape index (κ3) is 2.87. The summed E-state index contributed by atoms with van der Waals surface area (Å²) in [6.07, 6.45) is 0. The molecule has 0 radical (unpaired) electrons. The van der Waals surface area contributed by atoms with Gasteiger partial charge in [-0.05, 0) is 37.6 Å². The standard InChI is InChI=1S/C20H27N3O3/c1-13(2)17(24)22-8-10-23(11-9-22)18(25)14-6-7-16-15(12-14)20(3,4)19(26)21(16)5/h6-7,12-13H,8-11H2,1-5H3. The van der Waals surface area contributed by atoms with Crippen LogP contribution in [0.5, 0.6) is 0 Å². The fraction of sp³-hybridized carbons (Fsp3) is 0.550. The highest BCUT2D eigenvalue weighted by molar-refractivity contribution is 6.08. The Labute approximate surface area is 154 Å². The van der Waals surface area contributed by atoms with E-state index in [0.717, 1.165) is 11.3 Å². The van der Waals surface area contributed by atoms with Gasteiger partial charge in [0.1, 0.15) is 0 Å². The number of anilines is 1. The van der Waals surface area contributed by atoms with Crippen molar-refractivity contribution in [3.63, 3.8) is 0 Å². The lowest BCUT2D eigenvalue weighted by Gasteiger charge is -2.35. The van der Waals surface area contributed by atoms with Gasteiger partial charge in [-0.15, -0.1) is 0 Å². The van der Waals surface area contributed by atoms with Gasteiger partial charge in [0.25, 0.3) is 5.91 Å². The molecule has 1 aromatic carbocycles. The molecule has 3 amide bonds. The first-order valence-electron chi connectivity index (χ1n) is 9.15. The number of piperazine rings is 1. The van der Waals surface area contributed by atoms with E-state index in [0.29, 0.717) is 31.7 Å². The molecule has 2 aliphatic heterocycles. The number of carbonyl (C=O) groups is 3. The highest BCUT2D eigenvalue weighted by Gasteiger charge is 2.42. The van der Waals surface area contributed by atoms with Gasteiger partial charge in [0, 0.05) is 50.4 Å². The molecule has 1 aromatic rings. The van der Waals surface area contributed by atoms with Crippen LogP contribution in [0.15, 0.2) is 18.2 Å². The molecule has 0 N–H and O–H groups in total. The number of rotatable bonds is 2. The number of hydrogen-bond donors (Lipinski definition) is 0. The highest BCUT2D eigenvalue weighted by atomic mass is 16.2. The van der Waals surface area contributed by atoms with Gasteiger partial charge >= 0.3 is 0 Å². The van der Waals surface area contributed by atoms with Crippen molar-refractivity contribution in [3.8, 4) is 0 Å². The molecule has 6 nitrogen and oxygen atoms in total. The summed E-state index contributed by atoms with van der Waals surface area (Å²) >= 11 is 0. The van der Waals surface area contributed by atoms with Crippen LogP contribution in [0.3, 0.4) is 0 Å². The predicted octanol–water partition coefficient (Wildman–Crippen LogP) is 1.88. The Kier molecular flexibility index (Phi) is 4.54. The zero-order chi connectivity index (χ0) is 19.2. The molecule has 26 heavy (non-hydrogen) atoms. The largest absolute Gasteiger partial charge is 0.339 e. The topological polar surface area (TPSA) is 60.9 Å². The first kappa shape index (κ1) is 18.4. The number of nitrogens with zero attached hydrogens (tertiary/aromatic N) is 3. The molecule has 140 valence electrons. The molecule has 1 saturated heterocycles. The average molecular weight is 357 g/mol. The van der Waals surface area contributed by atoms with Gasteiger partial charge in [-0.1, -0.05) is 13.8 Å². The van der Waals surface area contributed by atoms with Crippen molar-refractivity contribution in [2.45, 2.75) is 33.1 Å². The summed E-state index contributed by atoms with van der Waals surface area (Å²) in [5, 5.41) is 0. The lowest BCUT2D eigenvalue weighted by molar-refractivity contribution is -0.135. The van der Waals surface area contributed by atoms with Gasteiger partial charge in [-0.2, -0.15) is 0 Å². The van der Waals surface area contributed by atoms with Gasteiger partial charge in [-0.25, -0.2) is 0 Å². The van der Waals surface area contributed by atoms with Crippen molar-refractivity contribution in [2.24, 2.45) is 5.92 Å². The Bertz CT molecular complexity index is 762. The van der Waals surface area contributed by atoms with Crippen LogP contribution >= 0.6 is 0 Å². The van der Waals surface area contributed by atoms with Crippen molar-refractivity contribution in [3.05, 3.63) is 29.3 Å². The summed E-state index contributed by atoms with van der Waals surface area (Å²) in [5.41, 5.74) is 1.74. The molecule has 2 heterocycles. The van der Waals surface area contributed by atoms with Crippen LogP contribution in [-0.2, 0) is 15.0 Å². The second-order valence-corrected chi connectivity index (χ2v) is 7.99. The summed E-state index contributed by atoms with van der Waals surface area (Å²) < 4.78 is 0.